The zero-order chi connectivity index (χ0) is 12.7. The summed E-state index contributed by atoms with van der Waals surface area (Å²) in [5, 5.41) is 12.1. The lowest BCUT2D eigenvalue weighted by molar-refractivity contribution is 0.168. The van der Waals surface area contributed by atoms with Gasteiger partial charge in [0.25, 0.3) is 0 Å². The number of ether oxygens (including phenoxy) is 1. The van der Waals surface area contributed by atoms with Crippen LogP contribution in [0.4, 0.5) is 0 Å². The van der Waals surface area contributed by atoms with Gasteiger partial charge in [-0.1, -0.05) is 0 Å². The molecule has 17 heavy (non-hydrogen) atoms. The minimum Gasteiger partial charge on any atom is -0.395 e. The summed E-state index contributed by atoms with van der Waals surface area (Å²) in [5.41, 5.74) is 0. The summed E-state index contributed by atoms with van der Waals surface area (Å²) < 4.78 is 30.4. The zero-order valence-electron chi connectivity index (χ0n) is 10.3. The Kier molecular flexibility index (Phi) is 6.35. The number of hydrogen-bond acceptors (Lipinski definition) is 5. The molecular formula is C10H22N2O4S. The summed E-state index contributed by atoms with van der Waals surface area (Å²) in [5.74, 6) is 0.108. The Morgan fingerprint density at radius 3 is 2.76 bits per heavy atom. The molecule has 0 aromatic rings. The SMILES string of the molecule is COCCN(CCO)S(=O)(=O)CC1CCCN1. The number of rotatable bonds is 8. The predicted octanol–water partition coefficient (Wildman–Crippen LogP) is -0.991. The van der Waals surface area contributed by atoms with Gasteiger partial charge in [0.05, 0.1) is 19.0 Å². The van der Waals surface area contributed by atoms with Gasteiger partial charge in [0, 0.05) is 26.2 Å². The van der Waals surface area contributed by atoms with E-state index in [0.29, 0.717) is 13.2 Å². The smallest absolute Gasteiger partial charge is 0.215 e. The van der Waals surface area contributed by atoms with E-state index < -0.39 is 10.0 Å². The van der Waals surface area contributed by atoms with E-state index in [9.17, 15) is 8.42 Å². The number of sulfonamides is 1. The van der Waals surface area contributed by atoms with Gasteiger partial charge in [0.15, 0.2) is 0 Å². The van der Waals surface area contributed by atoms with Crippen molar-refractivity contribution in [3.63, 3.8) is 0 Å². The fraction of sp³-hybridized carbons (Fsp3) is 1.00. The molecule has 0 spiro atoms. The molecule has 0 aromatic heterocycles. The molecule has 2 N–H and O–H groups in total. The fourth-order valence-corrected chi connectivity index (χ4v) is 3.67. The molecule has 102 valence electrons. The Hall–Kier alpha value is -0.210. The first-order valence-corrected chi connectivity index (χ1v) is 7.52. The van der Waals surface area contributed by atoms with E-state index in [0.717, 1.165) is 19.4 Å². The van der Waals surface area contributed by atoms with Crippen molar-refractivity contribution in [3.05, 3.63) is 0 Å². The van der Waals surface area contributed by atoms with Crippen LogP contribution < -0.4 is 5.32 Å². The van der Waals surface area contributed by atoms with Crippen LogP contribution in [0.5, 0.6) is 0 Å². The van der Waals surface area contributed by atoms with Crippen LogP contribution in [0.1, 0.15) is 12.8 Å². The molecule has 0 aliphatic carbocycles. The molecule has 1 heterocycles. The van der Waals surface area contributed by atoms with E-state index in [1.54, 1.807) is 0 Å². The number of aliphatic hydroxyl groups excluding tert-OH is 1. The van der Waals surface area contributed by atoms with Gasteiger partial charge in [-0.05, 0) is 19.4 Å². The van der Waals surface area contributed by atoms with E-state index in [1.807, 2.05) is 0 Å². The number of nitrogens with zero attached hydrogens (tertiary/aromatic N) is 1. The van der Waals surface area contributed by atoms with E-state index in [1.165, 1.54) is 11.4 Å². The molecule has 1 fully saturated rings. The monoisotopic (exact) mass is 266 g/mol. The number of nitrogens with one attached hydrogen (secondary N) is 1. The van der Waals surface area contributed by atoms with Crippen molar-refractivity contribution in [1.29, 1.82) is 0 Å². The second-order valence-corrected chi connectivity index (χ2v) is 6.20. The number of hydrogen-bond donors (Lipinski definition) is 2. The molecule has 1 rings (SSSR count). The first-order chi connectivity index (χ1) is 8.10. The van der Waals surface area contributed by atoms with Gasteiger partial charge in [-0.15, -0.1) is 0 Å². The number of aliphatic hydroxyl groups is 1. The van der Waals surface area contributed by atoms with Crippen molar-refractivity contribution in [2.45, 2.75) is 18.9 Å². The molecule has 0 radical (unpaired) electrons. The van der Waals surface area contributed by atoms with Gasteiger partial charge < -0.3 is 15.2 Å². The van der Waals surface area contributed by atoms with Crippen LogP contribution in [0.15, 0.2) is 0 Å². The molecule has 0 saturated carbocycles. The second kappa shape index (κ2) is 7.27. The summed E-state index contributed by atoms with van der Waals surface area (Å²) in [6.07, 6.45) is 1.93. The maximum absolute atomic E-state index is 12.1. The molecular weight excluding hydrogens is 244 g/mol. The van der Waals surface area contributed by atoms with Crippen molar-refractivity contribution in [1.82, 2.24) is 9.62 Å². The van der Waals surface area contributed by atoms with Crippen molar-refractivity contribution < 1.29 is 18.3 Å². The molecule has 1 aliphatic heterocycles. The highest BCUT2D eigenvalue weighted by molar-refractivity contribution is 7.89. The van der Waals surface area contributed by atoms with Crippen LogP contribution in [-0.2, 0) is 14.8 Å². The summed E-state index contributed by atoms with van der Waals surface area (Å²) in [6.45, 7) is 1.50. The van der Waals surface area contributed by atoms with Gasteiger partial charge in [-0.2, -0.15) is 4.31 Å². The lowest BCUT2D eigenvalue weighted by Crippen LogP contribution is -2.42. The van der Waals surface area contributed by atoms with Crippen LogP contribution in [0.25, 0.3) is 0 Å². The first kappa shape index (κ1) is 14.8. The van der Waals surface area contributed by atoms with Crippen molar-refractivity contribution in [2.75, 3.05) is 45.7 Å². The predicted molar refractivity (Wildman–Crippen MR) is 65.3 cm³/mol. The van der Waals surface area contributed by atoms with Crippen LogP contribution in [0.3, 0.4) is 0 Å². The first-order valence-electron chi connectivity index (χ1n) is 5.91. The molecule has 6 nitrogen and oxygen atoms in total. The van der Waals surface area contributed by atoms with Gasteiger partial charge >= 0.3 is 0 Å². The summed E-state index contributed by atoms with van der Waals surface area (Å²) in [4.78, 5) is 0. The third-order valence-electron chi connectivity index (χ3n) is 2.86. The Morgan fingerprint density at radius 2 is 2.24 bits per heavy atom. The molecule has 0 bridgehead atoms. The van der Waals surface area contributed by atoms with Crippen LogP contribution in [-0.4, -0.2) is 69.6 Å². The Bertz CT molecular complexity index is 301. The average molecular weight is 266 g/mol. The zero-order valence-corrected chi connectivity index (χ0v) is 11.1. The van der Waals surface area contributed by atoms with Crippen molar-refractivity contribution >= 4 is 10.0 Å². The normalized spacial score (nSPS) is 21.2. The van der Waals surface area contributed by atoms with E-state index in [-0.39, 0.29) is 24.9 Å². The molecule has 7 heteroatoms. The quantitative estimate of drug-likeness (QED) is 0.590. The lowest BCUT2D eigenvalue weighted by atomic mass is 10.3. The van der Waals surface area contributed by atoms with Gasteiger partial charge in [0.1, 0.15) is 0 Å². The topological polar surface area (TPSA) is 78.9 Å². The Balaban J connectivity index is 2.55. The highest BCUT2D eigenvalue weighted by Gasteiger charge is 2.27. The molecule has 0 amide bonds. The molecule has 1 atom stereocenters. The lowest BCUT2D eigenvalue weighted by Gasteiger charge is -2.22. The van der Waals surface area contributed by atoms with Gasteiger partial charge in [-0.25, -0.2) is 8.42 Å². The minimum atomic E-state index is -3.31. The van der Waals surface area contributed by atoms with Gasteiger partial charge in [0.2, 0.25) is 10.0 Å². The van der Waals surface area contributed by atoms with E-state index in [4.69, 9.17) is 9.84 Å². The molecule has 1 saturated heterocycles. The number of methoxy groups -OCH3 is 1. The second-order valence-electron chi connectivity index (χ2n) is 4.19. The van der Waals surface area contributed by atoms with Crippen molar-refractivity contribution in [3.8, 4) is 0 Å². The van der Waals surface area contributed by atoms with Crippen molar-refractivity contribution in [2.24, 2.45) is 0 Å². The summed E-state index contributed by atoms with van der Waals surface area (Å²) in [6, 6.07) is 0.0451. The average Bonchev–Trinajstić information content (AvgIpc) is 2.75. The van der Waals surface area contributed by atoms with Gasteiger partial charge in [-0.3, -0.25) is 0 Å². The van der Waals surface area contributed by atoms with Crippen LogP contribution in [0, 0.1) is 0 Å². The minimum absolute atomic E-state index is 0.0451. The maximum atomic E-state index is 12.1. The highest BCUT2D eigenvalue weighted by Crippen LogP contribution is 2.11. The fourth-order valence-electron chi connectivity index (χ4n) is 1.95. The maximum Gasteiger partial charge on any atom is 0.215 e. The molecule has 0 aromatic carbocycles. The standard InChI is InChI=1S/C10H22N2O4S/c1-16-8-6-12(5-7-13)17(14,15)9-10-3-2-4-11-10/h10-11,13H,2-9H2,1H3. The van der Waals surface area contributed by atoms with Crippen LogP contribution in [0.2, 0.25) is 0 Å². The van der Waals surface area contributed by atoms with Crippen LogP contribution >= 0.6 is 0 Å². The third kappa shape index (κ3) is 4.89. The largest absolute Gasteiger partial charge is 0.395 e. The molecule has 1 aliphatic rings. The summed E-state index contributed by atoms with van der Waals surface area (Å²) >= 11 is 0. The Labute approximate surface area is 103 Å². The third-order valence-corrected chi connectivity index (χ3v) is 4.84. The molecule has 1 unspecified atom stereocenters. The van der Waals surface area contributed by atoms with E-state index >= 15 is 0 Å². The summed E-state index contributed by atoms with van der Waals surface area (Å²) in [7, 11) is -1.78. The van der Waals surface area contributed by atoms with E-state index in [2.05, 4.69) is 5.32 Å². The Morgan fingerprint density at radius 1 is 1.47 bits per heavy atom. The highest BCUT2D eigenvalue weighted by atomic mass is 32.2.